The molecule has 19 heavy (non-hydrogen) atoms. The van der Waals surface area contributed by atoms with Gasteiger partial charge in [-0.2, -0.15) is 10.2 Å². The Labute approximate surface area is 120 Å². The first-order valence-corrected chi connectivity index (χ1v) is 6.26. The maximum Gasteiger partial charge on any atom is 0.151 e. The van der Waals surface area contributed by atoms with Gasteiger partial charge in [0.15, 0.2) is 5.82 Å². The number of nitrogens with one attached hydrogen (secondary N) is 1. The van der Waals surface area contributed by atoms with Crippen LogP contribution >= 0.6 is 12.4 Å². The summed E-state index contributed by atoms with van der Waals surface area (Å²) in [6.45, 7) is 9.11. The Morgan fingerprint density at radius 2 is 1.89 bits per heavy atom. The van der Waals surface area contributed by atoms with Gasteiger partial charge in [0.2, 0.25) is 0 Å². The summed E-state index contributed by atoms with van der Waals surface area (Å²) in [5.41, 5.74) is 3.44. The second kappa shape index (κ2) is 6.10. The van der Waals surface area contributed by atoms with E-state index in [0.717, 1.165) is 18.1 Å². The summed E-state index contributed by atoms with van der Waals surface area (Å²) in [4.78, 5) is 0. The van der Waals surface area contributed by atoms with Gasteiger partial charge < -0.3 is 5.32 Å². The molecule has 0 aliphatic rings. The zero-order valence-electron chi connectivity index (χ0n) is 12.1. The molecule has 0 aromatic carbocycles. The Balaban J connectivity index is 0.00000180. The number of rotatable bonds is 4. The van der Waals surface area contributed by atoms with Crippen LogP contribution in [0.1, 0.15) is 36.7 Å². The molecule has 0 fully saturated rings. The van der Waals surface area contributed by atoms with Gasteiger partial charge in [0.25, 0.3) is 0 Å². The molecule has 0 saturated carbocycles. The summed E-state index contributed by atoms with van der Waals surface area (Å²) in [5, 5.41) is 12.2. The first-order valence-electron chi connectivity index (χ1n) is 6.26. The quantitative estimate of drug-likeness (QED) is 0.939. The lowest BCUT2D eigenvalue weighted by molar-refractivity contribution is 0.533. The van der Waals surface area contributed by atoms with Crippen molar-refractivity contribution in [2.24, 2.45) is 7.05 Å². The fourth-order valence-corrected chi connectivity index (χ4v) is 1.92. The van der Waals surface area contributed by atoms with Crippen LogP contribution in [0.5, 0.6) is 0 Å². The van der Waals surface area contributed by atoms with Gasteiger partial charge in [0.05, 0.1) is 5.69 Å². The van der Waals surface area contributed by atoms with E-state index in [1.54, 1.807) is 0 Å². The normalized spacial score (nSPS) is 10.6. The minimum atomic E-state index is 0. The maximum absolute atomic E-state index is 4.54. The lowest BCUT2D eigenvalue weighted by Gasteiger charge is -2.05. The van der Waals surface area contributed by atoms with Crippen LogP contribution < -0.4 is 5.32 Å². The highest BCUT2D eigenvalue weighted by molar-refractivity contribution is 5.85. The van der Waals surface area contributed by atoms with E-state index >= 15 is 0 Å². The van der Waals surface area contributed by atoms with Gasteiger partial charge in [0, 0.05) is 43.2 Å². The number of aryl methyl sites for hydroxylation is 3. The highest BCUT2D eigenvalue weighted by Gasteiger charge is 2.08. The molecule has 0 atom stereocenters. The van der Waals surface area contributed by atoms with Crippen molar-refractivity contribution in [3.05, 3.63) is 29.2 Å². The molecular formula is C13H22ClN5. The lowest BCUT2D eigenvalue weighted by Crippen LogP contribution is -2.04. The second-order valence-electron chi connectivity index (χ2n) is 5.00. The van der Waals surface area contributed by atoms with Crippen LogP contribution in [0.3, 0.4) is 0 Å². The summed E-state index contributed by atoms with van der Waals surface area (Å²) in [6, 6.07) is 0.388. The number of aromatic nitrogens is 4. The third kappa shape index (κ3) is 3.50. The van der Waals surface area contributed by atoms with Gasteiger partial charge in [-0.05, 0) is 27.7 Å². The summed E-state index contributed by atoms with van der Waals surface area (Å²) in [6.07, 6.45) is 4.11. The number of hydrogen-bond donors (Lipinski definition) is 1. The molecule has 0 unspecified atom stereocenters. The standard InChI is InChI=1S/C13H21N5.ClH/c1-9(2)18-7-10(3)13(16-18)14-6-12-8-17(5)15-11(12)4;/h7-9H,6H2,1-5H3,(H,14,16);1H. The fourth-order valence-electron chi connectivity index (χ4n) is 1.92. The molecular weight excluding hydrogens is 262 g/mol. The predicted octanol–water partition coefficient (Wildman–Crippen LogP) is 2.85. The van der Waals surface area contributed by atoms with E-state index in [2.05, 4.69) is 42.5 Å². The first-order chi connectivity index (χ1) is 8.47. The molecule has 2 heterocycles. The van der Waals surface area contributed by atoms with Gasteiger partial charge in [-0.15, -0.1) is 12.4 Å². The van der Waals surface area contributed by atoms with Gasteiger partial charge in [0.1, 0.15) is 0 Å². The Morgan fingerprint density at radius 3 is 2.37 bits per heavy atom. The number of nitrogens with zero attached hydrogens (tertiary/aromatic N) is 4. The number of hydrogen-bond acceptors (Lipinski definition) is 3. The molecule has 0 spiro atoms. The lowest BCUT2D eigenvalue weighted by atomic mass is 10.2. The maximum atomic E-state index is 4.54. The molecule has 0 aliphatic carbocycles. The third-order valence-corrected chi connectivity index (χ3v) is 3.01. The van der Waals surface area contributed by atoms with Crippen molar-refractivity contribution in [1.29, 1.82) is 0 Å². The summed E-state index contributed by atoms with van der Waals surface area (Å²) >= 11 is 0. The molecule has 5 nitrogen and oxygen atoms in total. The molecule has 0 saturated heterocycles. The molecule has 0 amide bonds. The molecule has 1 N–H and O–H groups in total. The van der Waals surface area contributed by atoms with E-state index in [9.17, 15) is 0 Å². The van der Waals surface area contributed by atoms with E-state index in [1.807, 2.05) is 29.5 Å². The van der Waals surface area contributed by atoms with Crippen LogP contribution in [-0.4, -0.2) is 19.6 Å². The van der Waals surface area contributed by atoms with Crippen LogP contribution in [0.2, 0.25) is 0 Å². The van der Waals surface area contributed by atoms with Crippen molar-refractivity contribution in [3.8, 4) is 0 Å². The summed E-state index contributed by atoms with van der Waals surface area (Å²) in [7, 11) is 1.94. The smallest absolute Gasteiger partial charge is 0.151 e. The van der Waals surface area contributed by atoms with Crippen LogP contribution in [-0.2, 0) is 13.6 Å². The Hall–Kier alpha value is -1.49. The van der Waals surface area contributed by atoms with Crippen molar-refractivity contribution in [2.45, 2.75) is 40.3 Å². The average molecular weight is 284 g/mol. The van der Waals surface area contributed by atoms with Gasteiger partial charge in [-0.1, -0.05) is 0 Å². The van der Waals surface area contributed by atoms with E-state index in [4.69, 9.17) is 0 Å². The van der Waals surface area contributed by atoms with Gasteiger partial charge >= 0.3 is 0 Å². The van der Waals surface area contributed by atoms with Crippen molar-refractivity contribution in [2.75, 3.05) is 5.32 Å². The highest BCUT2D eigenvalue weighted by atomic mass is 35.5. The van der Waals surface area contributed by atoms with Crippen LogP contribution in [0.4, 0.5) is 5.82 Å². The van der Waals surface area contributed by atoms with Crippen molar-refractivity contribution >= 4 is 18.2 Å². The molecule has 2 rings (SSSR count). The molecule has 106 valence electrons. The zero-order valence-corrected chi connectivity index (χ0v) is 13.0. The van der Waals surface area contributed by atoms with Crippen molar-refractivity contribution in [1.82, 2.24) is 19.6 Å². The Kier molecular flexibility index (Phi) is 5.00. The average Bonchev–Trinajstić information content (AvgIpc) is 2.79. The van der Waals surface area contributed by atoms with Gasteiger partial charge in [-0.25, -0.2) is 0 Å². The molecule has 0 radical (unpaired) electrons. The van der Waals surface area contributed by atoms with Crippen molar-refractivity contribution in [3.63, 3.8) is 0 Å². The molecule has 2 aromatic heterocycles. The van der Waals surface area contributed by atoms with E-state index < -0.39 is 0 Å². The first kappa shape index (κ1) is 15.6. The highest BCUT2D eigenvalue weighted by Crippen LogP contribution is 2.16. The molecule has 6 heteroatoms. The van der Waals surface area contributed by atoms with Crippen LogP contribution in [0.25, 0.3) is 0 Å². The van der Waals surface area contributed by atoms with Crippen molar-refractivity contribution < 1.29 is 0 Å². The topological polar surface area (TPSA) is 47.7 Å². The van der Waals surface area contributed by atoms with E-state index in [0.29, 0.717) is 6.04 Å². The largest absolute Gasteiger partial charge is 0.364 e. The molecule has 0 aliphatic heterocycles. The summed E-state index contributed by atoms with van der Waals surface area (Å²) in [5.74, 6) is 0.951. The monoisotopic (exact) mass is 283 g/mol. The fraction of sp³-hybridized carbons (Fsp3) is 0.538. The van der Waals surface area contributed by atoms with Crippen LogP contribution in [0, 0.1) is 13.8 Å². The SMILES string of the molecule is Cc1cn(C(C)C)nc1NCc1cn(C)nc1C.Cl. The minimum absolute atomic E-state index is 0. The van der Waals surface area contributed by atoms with E-state index in [-0.39, 0.29) is 12.4 Å². The number of anilines is 1. The molecule has 2 aromatic rings. The number of halogens is 1. The predicted molar refractivity (Wildman–Crippen MR) is 79.9 cm³/mol. The third-order valence-electron chi connectivity index (χ3n) is 3.01. The van der Waals surface area contributed by atoms with Crippen LogP contribution in [0.15, 0.2) is 12.4 Å². The zero-order chi connectivity index (χ0) is 13.3. The Bertz CT molecular complexity index is 541. The molecule has 0 bridgehead atoms. The Morgan fingerprint density at radius 1 is 1.21 bits per heavy atom. The second-order valence-corrected chi connectivity index (χ2v) is 5.00. The minimum Gasteiger partial charge on any atom is -0.364 e. The van der Waals surface area contributed by atoms with E-state index in [1.165, 1.54) is 11.1 Å². The summed E-state index contributed by atoms with van der Waals surface area (Å²) < 4.78 is 3.82. The van der Waals surface area contributed by atoms with Gasteiger partial charge in [-0.3, -0.25) is 9.36 Å².